The van der Waals surface area contributed by atoms with Crippen LogP contribution in [0.2, 0.25) is 0 Å². The zero-order valence-corrected chi connectivity index (χ0v) is 11.1. The van der Waals surface area contributed by atoms with Gasteiger partial charge in [0.25, 0.3) is 0 Å². The van der Waals surface area contributed by atoms with Gasteiger partial charge in [-0.1, -0.05) is 18.2 Å². The minimum Gasteiger partial charge on any atom is -0.480 e. The van der Waals surface area contributed by atoms with Crippen molar-refractivity contribution in [1.82, 2.24) is 9.88 Å². The Morgan fingerprint density at radius 2 is 2.32 bits per heavy atom. The predicted octanol–water partition coefficient (Wildman–Crippen LogP) is 2.60. The summed E-state index contributed by atoms with van der Waals surface area (Å²) in [6.07, 6.45) is 4.14. The lowest BCUT2D eigenvalue weighted by Crippen LogP contribution is -2.26. The van der Waals surface area contributed by atoms with Gasteiger partial charge in [-0.15, -0.1) is 11.8 Å². The van der Waals surface area contributed by atoms with Crippen molar-refractivity contribution >= 4 is 34.7 Å². The molecule has 1 aromatic heterocycles. The second kappa shape index (κ2) is 5.11. The molecular formula is C14H14N2O2S. The monoisotopic (exact) mass is 274 g/mol. The third kappa shape index (κ3) is 2.67. The number of nitrogens with zero attached hydrogens (tertiary/aromatic N) is 1. The maximum Gasteiger partial charge on any atom is 0.317 e. The molecule has 0 atom stereocenters. The van der Waals surface area contributed by atoms with Crippen molar-refractivity contribution < 1.29 is 9.90 Å². The second-order valence-corrected chi connectivity index (χ2v) is 5.63. The summed E-state index contributed by atoms with van der Waals surface area (Å²) in [4.78, 5) is 17.1. The van der Waals surface area contributed by atoms with Gasteiger partial charge in [-0.25, -0.2) is 0 Å². The first kappa shape index (κ1) is 12.3. The number of carboxylic acid groups (broad SMARTS) is 1. The highest BCUT2D eigenvalue weighted by Gasteiger charge is 2.19. The molecule has 19 heavy (non-hydrogen) atoms. The molecule has 5 heteroatoms. The predicted molar refractivity (Wildman–Crippen MR) is 77.9 cm³/mol. The van der Waals surface area contributed by atoms with Crippen LogP contribution in [-0.2, 0) is 4.79 Å². The number of aromatic nitrogens is 1. The summed E-state index contributed by atoms with van der Waals surface area (Å²) in [5.41, 5.74) is 2.29. The van der Waals surface area contributed by atoms with Gasteiger partial charge in [0.2, 0.25) is 0 Å². The van der Waals surface area contributed by atoms with Crippen LogP contribution in [0, 0.1) is 0 Å². The van der Waals surface area contributed by atoms with Gasteiger partial charge in [0.1, 0.15) is 0 Å². The highest BCUT2D eigenvalue weighted by Crippen LogP contribution is 2.30. The zero-order valence-electron chi connectivity index (χ0n) is 10.3. The Labute approximate surface area is 115 Å². The molecule has 0 unspecified atom stereocenters. The fraction of sp³-hybridized carbons (Fsp3) is 0.214. The highest BCUT2D eigenvalue weighted by molar-refractivity contribution is 8.03. The van der Waals surface area contributed by atoms with E-state index in [1.54, 1.807) is 11.8 Å². The second-order valence-electron chi connectivity index (χ2n) is 4.55. The summed E-state index contributed by atoms with van der Waals surface area (Å²) in [6.45, 7) is 0.828. The number of hydrogen-bond donors (Lipinski definition) is 2. The topological polar surface area (TPSA) is 56.3 Å². The van der Waals surface area contributed by atoms with E-state index in [0.29, 0.717) is 0 Å². The van der Waals surface area contributed by atoms with Crippen molar-refractivity contribution in [3.8, 4) is 0 Å². The molecule has 1 fully saturated rings. The molecule has 1 aliphatic heterocycles. The molecule has 4 nitrogen and oxygen atoms in total. The third-order valence-corrected chi connectivity index (χ3v) is 4.22. The maximum atomic E-state index is 10.7. The molecule has 1 saturated heterocycles. The number of para-hydroxylation sites is 1. The van der Waals surface area contributed by atoms with E-state index in [1.165, 1.54) is 10.3 Å². The summed E-state index contributed by atoms with van der Waals surface area (Å²) in [5, 5.41) is 9.98. The van der Waals surface area contributed by atoms with E-state index in [2.05, 4.69) is 23.2 Å². The molecule has 1 aromatic carbocycles. The van der Waals surface area contributed by atoms with E-state index in [4.69, 9.17) is 5.11 Å². The molecule has 3 rings (SSSR count). The van der Waals surface area contributed by atoms with Crippen molar-refractivity contribution in [1.29, 1.82) is 0 Å². The van der Waals surface area contributed by atoms with Gasteiger partial charge in [0, 0.05) is 40.0 Å². The van der Waals surface area contributed by atoms with Gasteiger partial charge >= 0.3 is 5.97 Å². The Balaban J connectivity index is 1.81. The lowest BCUT2D eigenvalue weighted by atomic mass is 10.1. The maximum absolute atomic E-state index is 10.7. The van der Waals surface area contributed by atoms with Crippen LogP contribution in [-0.4, -0.2) is 39.9 Å². The van der Waals surface area contributed by atoms with Crippen LogP contribution >= 0.6 is 11.8 Å². The number of thioether (sulfide) groups is 1. The van der Waals surface area contributed by atoms with Crippen molar-refractivity contribution in [3.63, 3.8) is 0 Å². The normalized spacial score (nSPS) is 18.4. The number of nitrogens with one attached hydrogen (secondary N) is 1. The molecule has 0 amide bonds. The number of aliphatic carboxylic acids is 1. The summed E-state index contributed by atoms with van der Waals surface area (Å²) in [7, 11) is 0. The van der Waals surface area contributed by atoms with E-state index < -0.39 is 5.97 Å². The molecule has 2 N–H and O–H groups in total. The third-order valence-electron chi connectivity index (χ3n) is 3.11. The number of carboxylic acids is 1. The van der Waals surface area contributed by atoms with E-state index in [-0.39, 0.29) is 6.54 Å². The standard InChI is InChI=1S/C14H14N2O2S/c17-14(18)8-16-7-11(19-9-16)5-10-6-15-13-4-2-1-3-12(10)13/h1-6,15H,7-9H2,(H,17,18). The molecule has 0 radical (unpaired) electrons. The van der Waals surface area contributed by atoms with Crippen LogP contribution in [0.3, 0.4) is 0 Å². The molecule has 0 saturated carbocycles. The number of aromatic amines is 1. The quantitative estimate of drug-likeness (QED) is 0.903. The number of rotatable bonds is 3. The van der Waals surface area contributed by atoms with Crippen molar-refractivity contribution in [2.24, 2.45) is 0 Å². The van der Waals surface area contributed by atoms with Crippen molar-refractivity contribution in [2.75, 3.05) is 19.0 Å². The zero-order chi connectivity index (χ0) is 13.2. The molecule has 1 aliphatic rings. The lowest BCUT2D eigenvalue weighted by Gasteiger charge is -2.08. The van der Waals surface area contributed by atoms with Crippen LogP contribution in [0.25, 0.3) is 17.0 Å². The SMILES string of the molecule is O=C(O)CN1CSC(=Cc2c[nH]c3ccccc23)C1. The van der Waals surface area contributed by atoms with Crippen molar-refractivity contribution in [3.05, 3.63) is 40.9 Å². The number of hydrogen-bond acceptors (Lipinski definition) is 3. The van der Waals surface area contributed by atoms with E-state index in [9.17, 15) is 4.79 Å². The summed E-state index contributed by atoms with van der Waals surface area (Å²) in [6, 6.07) is 8.17. The fourth-order valence-corrected chi connectivity index (χ4v) is 3.27. The smallest absolute Gasteiger partial charge is 0.317 e. The van der Waals surface area contributed by atoms with E-state index in [1.807, 2.05) is 23.2 Å². The average molecular weight is 274 g/mol. The van der Waals surface area contributed by atoms with Gasteiger partial charge in [0.15, 0.2) is 0 Å². The Morgan fingerprint density at radius 1 is 1.47 bits per heavy atom. The lowest BCUT2D eigenvalue weighted by molar-refractivity contribution is -0.137. The van der Waals surface area contributed by atoms with Crippen LogP contribution in [0.1, 0.15) is 5.56 Å². The van der Waals surface area contributed by atoms with E-state index in [0.717, 1.165) is 23.5 Å². The van der Waals surface area contributed by atoms with Crippen LogP contribution in [0.15, 0.2) is 35.4 Å². The molecular weight excluding hydrogens is 260 g/mol. The van der Waals surface area contributed by atoms with Gasteiger partial charge in [-0.2, -0.15) is 0 Å². The first-order chi connectivity index (χ1) is 9.22. The number of carbonyl (C=O) groups is 1. The molecule has 0 bridgehead atoms. The summed E-state index contributed by atoms with van der Waals surface area (Å²) < 4.78 is 0. The van der Waals surface area contributed by atoms with E-state index >= 15 is 0 Å². The molecule has 0 spiro atoms. The molecule has 2 aromatic rings. The van der Waals surface area contributed by atoms with Gasteiger partial charge < -0.3 is 10.1 Å². The fourth-order valence-electron chi connectivity index (χ4n) is 2.25. The summed E-state index contributed by atoms with van der Waals surface area (Å²) >= 11 is 1.71. The first-order valence-corrected chi connectivity index (χ1v) is 7.04. The van der Waals surface area contributed by atoms with Gasteiger partial charge in [0.05, 0.1) is 6.54 Å². The Morgan fingerprint density at radius 3 is 3.16 bits per heavy atom. The molecule has 2 heterocycles. The minimum atomic E-state index is -0.769. The van der Waals surface area contributed by atoms with Crippen LogP contribution in [0.4, 0.5) is 0 Å². The summed E-state index contributed by atoms with van der Waals surface area (Å²) in [5.74, 6) is -0.0190. The average Bonchev–Trinajstić information content (AvgIpc) is 2.97. The Kier molecular flexibility index (Phi) is 3.31. The number of benzene rings is 1. The Bertz CT molecular complexity index is 648. The molecule has 0 aliphatic carbocycles. The first-order valence-electron chi connectivity index (χ1n) is 6.06. The largest absolute Gasteiger partial charge is 0.480 e. The Hall–Kier alpha value is -1.72. The minimum absolute atomic E-state index is 0.109. The molecule has 98 valence electrons. The van der Waals surface area contributed by atoms with Gasteiger partial charge in [-0.3, -0.25) is 9.69 Å². The van der Waals surface area contributed by atoms with Crippen LogP contribution in [0.5, 0.6) is 0 Å². The van der Waals surface area contributed by atoms with Crippen LogP contribution < -0.4 is 0 Å². The number of H-pyrrole nitrogens is 1. The highest BCUT2D eigenvalue weighted by atomic mass is 32.2. The number of fused-ring (bicyclic) bond motifs is 1. The van der Waals surface area contributed by atoms with Gasteiger partial charge in [-0.05, 0) is 12.1 Å². The van der Waals surface area contributed by atoms with Crippen molar-refractivity contribution in [2.45, 2.75) is 0 Å².